The normalized spacial score (nSPS) is 28.5. The van der Waals surface area contributed by atoms with E-state index in [4.69, 9.17) is 0 Å². The molecule has 2 aliphatic heterocycles. The Labute approximate surface area is 117 Å². The molecule has 0 aliphatic carbocycles. The van der Waals surface area contributed by atoms with E-state index in [1.165, 1.54) is 0 Å². The van der Waals surface area contributed by atoms with Gasteiger partial charge in [-0.15, -0.1) is 0 Å². The average Bonchev–Trinajstić information content (AvgIpc) is 2.68. The molecule has 5 nitrogen and oxygen atoms in total. The maximum atomic E-state index is 12.7. The van der Waals surface area contributed by atoms with Crippen LogP contribution in [0.25, 0.3) is 0 Å². The molecule has 0 saturated carbocycles. The number of hydrogen-bond donors (Lipinski definition) is 0. The van der Waals surface area contributed by atoms with Crippen molar-refractivity contribution in [1.82, 2.24) is 13.5 Å². The zero-order valence-corrected chi connectivity index (χ0v) is 13.0. The van der Waals surface area contributed by atoms with Gasteiger partial charge in [0.1, 0.15) is 0 Å². The van der Waals surface area contributed by atoms with Crippen molar-refractivity contribution in [3.05, 3.63) is 0 Å². The van der Waals surface area contributed by atoms with Gasteiger partial charge in [-0.2, -0.15) is 17.0 Å². The SMILES string of the molecule is CN(C)[C@H]1CCCN(S(=O)(=O)N2CCCCCC2)C1. The summed E-state index contributed by atoms with van der Waals surface area (Å²) in [4.78, 5) is 2.14. The van der Waals surface area contributed by atoms with Crippen molar-refractivity contribution in [1.29, 1.82) is 0 Å². The van der Waals surface area contributed by atoms with Crippen LogP contribution in [0, 0.1) is 0 Å². The number of piperidine rings is 1. The molecular weight excluding hydrogens is 262 g/mol. The average molecular weight is 289 g/mol. The minimum Gasteiger partial charge on any atom is -0.305 e. The smallest absolute Gasteiger partial charge is 0.282 e. The van der Waals surface area contributed by atoms with E-state index in [1.807, 2.05) is 14.1 Å². The van der Waals surface area contributed by atoms with Gasteiger partial charge in [-0.05, 0) is 39.8 Å². The molecule has 0 unspecified atom stereocenters. The van der Waals surface area contributed by atoms with Crippen molar-refractivity contribution in [3.8, 4) is 0 Å². The molecule has 19 heavy (non-hydrogen) atoms. The van der Waals surface area contributed by atoms with Gasteiger partial charge in [0.25, 0.3) is 10.2 Å². The highest BCUT2D eigenvalue weighted by Gasteiger charge is 2.34. The van der Waals surface area contributed by atoms with Gasteiger partial charge in [-0.25, -0.2) is 0 Å². The molecule has 0 aromatic heterocycles. The minimum absolute atomic E-state index is 0.357. The molecule has 112 valence electrons. The van der Waals surface area contributed by atoms with Crippen LogP contribution in [-0.4, -0.2) is 68.2 Å². The highest BCUT2D eigenvalue weighted by atomic mass is 32.2. The van der Waals surface area contributed by atoms with Crippen LogP contribution in [-0.2, 0) is 10.2 Å². The topological polar surface area (TPSA) is 43.9 Å². The van der Waals surface area contributed by atoms with E-state index in [9.17, 15) is 8.42 Å². The van der Waals surface area contributed by atoms with E-state index >= 15 is 0 Å². The van der Waals surface area contributed by atoms with Crippen LogP contribution < -0.4 is 0 Å². The minimum atomic E-state index is -3.23. The zero-order chi connectivity index (χ0) is 13.9. The lowest BCUT2D eigenvalue weighted by atomic mass is 10.1. The maximum absolute atomic E-state index is 12.7. The molecule has 6 heteroatoms. The third kappa shape index (κ3) is 3.68. The molecule has 2 fully saturated rings. The van der Waals surface area contributed by atoms with Crippen molar-refractivity contribution in [2.24, 2.45) is 0 Å². The Balaban J connectivity index is 2.05. The summed E-state index contributed by atoms with van der Waals surface area (Å²) in [5.41, 5.74) is 0. The third-order valence-electron chi connectivity index (χ3n) is 4.31. The predicted molar refractivity (Wildman–Crippen MR) is 77.2 cm³/mol. The van der Waals surface area contributed by atoms with Crippen molar-refractivity contribution in [3.63, 3.8) is 0 Å². The first kappa shape index (κ1) is 15.2. The molecule has 0 N–H and O–H groups in total. The molecule has 0 bridgehead atoms. The van der Waals surface area contributed by atoms with Gasteiger partial charge >= 0.3 is 0 Å². The molecule has 1 atom stereocenters. The van der Waals surface area contributed by atoms with Crippen LogP contribution >= 0.6 is 0 Å². The summed E-state index contributed by atoms with van der Waals surface area (Å²) in [6.07, 6.45) is 6.39. The second kappa shape index (κ2) is 6.52. The fraction of sp³-hybridized carbons (Fsp3) is 1.00. The van der Waals surface area contributed by atoms with Gasteiger partial charge in [0.15, 0.2) is 0 Å². The quantitative estimate of drug-likeness (QED) is 0.782. The molecule has 0 amide bonds. The Hall–Kier alpha value is -0.170. The first-order valence-electron chi connectivity index (χ1n) is 7.43. The summed E-state index contributed by atoms with van der Waals surface area (Å²) in [5, 5.41) is 0. The van der Waals surface area contributed by atoms with Gasteiger partial charge in [0.05, 0.1) is 0 Å². The van der Waals surface area contributed by atoms with Crippen LogP contribution in [0.5, 0.6) is 0 Å². The van der Waals surface area contributed by atoms with Crippen LogP contribution in [0.2, 0.25) is 0 Å². The molecule has 2 rings (SSSR count). The van der Waals surface area contributed by atoms with Crippen LogP contribution in [0.4, 0.5) is 0 Å². The van der Waals surface area contributed by atoms with Crippen molar-refractivity contribution in [2.45, 2.75) is 44.6 Å². The summed E-state index contributed by atoms with van der Waals surface area (Å²) in [6, 6.07) is 0.357. The number of hydrogen-bond acceptors (Lipinski definition) is 3. The molecule has 0 spiro atoms. The van der Waals surface area contributed by atoms with Crippen molar-refractivity contribution < 1.29 is 8.42 Å². The molecule has 0 aromatic rings. The Bertz CT molecular complexity index is 375. The van der Waals surface area contributed by atoms with Gasteiger partial charge in [0.2, 0.25) is 0 Å². The van der Waals surface area contributed by atoms with Gasteiger partial charge in [0, 0.05) is 32.2 Å². The molecule has 2 aliphatic rings. The largest absolute Gasteiger partial charge is 0.305 e. The van der Waals surface area contributed by atoms with E-state index in [2.05, 4.69) is 4.90 Å². The second-order valence-electron chi connectivity index (χ2n) is 5.94. The molecule has 0 radical (unpaired) electrons. The summed E-state index contributed by atoms with van der Waals surface area (Å²) in [6.45, 7) is 2.73. The molecule has 2 saturated heterocycles. The molecule has 2 heterocycles. The lowest BCUT2D eigenvalue weighted by Crippen LogP contribution is -2.52. The van der Waals surface area contributed by atoms with Crippen molar-refractivity contribution >= 4 is 10.2 Å². The maximum Gasteiger partial charge on any atom is 0.282 e. The number of rotatable bonds is 3. The van der Waals surface area contributed by atoms with Crippen LogP contribution in [0.1, 0.15) is 38.5 Å². The first-order valence-corrected chi connectivity index (χ1v) is 8.83. The van der Waals surface area contributed by atoms with Gasteiger partial charge < -0.3 is 4.90 Å². The number of nitrogens with zero attached hydrogens (tertiary/aromatic N) is 3. The summed E-state index contributed by atoms with van der Waals surface area (Å²) in [5.74, 6) is 0. The monoisotopic (exact) mass is 289 g/mol. The van der Waals surface area contributed by atoms with E-state index < -0.39 is 10.2 Å². The van der Waals surface area contributed by atoms with E-state index in [0.717, 1.165) is 38.5 Å². The van der Waals surface area contributed by atoms with E-state index in [0.29, 0.717) is 32.2 Å². The highest BCUT2D eigenvalue weighted by molar-refractivity contribution is 7.86. The van der Waals surface area contributed by atoms with Crippen LogP contribution in [0.15, 0.2) is 0 Å². The predicted octanol–water partition coefficient (Wildman–Crippen LogP) is 1.13. The Morgan fingerprint density at radius 3 is 2.05 bits per heavy atom. The molecular formula is C13H27N3O2S. The van der Waals surface area contributed by atoms with E-state index in [1.54, 1.807) is 8.61 Å². The Kier molecular flexibility index (Phi) is 5.22. The Morgan fingerprint density at radius 1 is 0.895 bits per heavy atom. The zero-order valence-electron chi connectivity index (χ0n) is 12.2. The van der Waals surface area contributed by atoms with Gasteiger partial charge in [-0.1, -0.05) is 12.8 Å². The van der Waals surface area contributed by atoms with Gasteiger partial charge in [-0.3, -0.25) is 0 Å². The summed E-state index contributed by atoms with van der Waals surface area (Å²) < 4.78 is 28.8. The third-order valence-corrected chi connectivity index (χ3v) is 6.31. The lowest BCUT2D eigenvalue weighted by Gasteiger charge is -2.37. The fourth-order valence-corrected chi connectivity index (χ4v) is 4.75. The second-order valence-corrected chi connectivity index (χ2v) is 7.87. The van der Waals surface area contributed by atoms with E-state index in [-0.39, 0.29) is 0 Å². The lowest BCUT2D eigenvalue weighted by molar-refractivity contribution is 0.183. The fourth-order valence-electron chi connectivity index (χ4n) is 2.99. The Morgan fingerprint density at radius 2 is 1.47 bits per heavy atom. The summed E-state index contributed by atoms with van der Waals surface area (Å²) >= 11 is 0. The highest BCUT2D eigenvalue weighted by Crippen LogP contribution is 2.21. The number of likely N-dealkylation sites (N-methyl/N-ethyl adjacent to an activating group) is 1. The first-order chi connectivity index (χ1) is 9.01. The standard InChI is InChI=1S/C13H27N3O2S/c1-14(2)13-8-7-11-16(12-13)19(17,18)15-9-5-3-4-6-10-15/h13H,3-12H2,1-2H3/t13-/m0/s1. The summed E-state index contributed by atoms with van der Waals surface area (Å²) in [7, 11) is 0.834. The van der Waals surface area contributed by atoms with Crippen molar-refractivity contribution in [2.75, 3.05) is 40.3 Å². The molecule has 0 aromatic carbocycles. The van der Waals surface area contributed by atoms with Crippen LogP contribution in [0.3, 0.4) is 0 Å².